The van der Waals surface area contributed by atoms with Crippen LogP contribution in [0.5, 0.6) is 11.5 Å². The maximum absolute atomic E-state index is 5.40. The van der Waals surface area contributed by atoms with Gasteiger partial charge < -0.3 is 24.6 Å². The Balaban J connectivity index is 0.00000364. The summed E-state index contributed by atoms with van der Waals surface area (Å²) in [5, 5.41) is 10.8. The zero-order valence-corrected chi connectivity index (χ0v) is 18.9. The molecule has 2 aromatic rings. The van der Waals surface area contributed by atoms with Crippen LogP contribution < -0.4 is 20.1 Å². The third-order valence-corrected chi connectivity index (χ3v) is 4.17. The van der Waals surface area contributed by atoms with E-state index in [1.165, 1.54) is 0 Å². The van der Waals surface area contributed by atoms with Gasteiger partial charge in [-0.05, 0) is 24.1 Å². The first-order valence-corrected chi connectivity index (χ1v) is 8.78. The summed E-state index contributed by atoms with van der Waals surface area (Å²) in [6, 6.07) is 5.83. The Labute approximate surface area is 177 Å². The molecular weight excluding hydrogens is 459 g/mol. The average Bonchev–Trinajstić information content (AvgIpc) is 3.09. The van der Waals surface area contributed by atoms with E-state index in [0.29, 0.717) is 30.5 Å². The van der Waals surface area contributed by atoms with Gasteiger partial charge in [0.25, 0.3) is 0 Å². The molecule has 0 unspecified atom stereocenters. The molecule has 150 valence electrons. The molecule has 0 amide bonds. The highest BCUT2D eigenvalue weighted by molar-refractivity contribution is 14.0. The summed E-state index contributed by atoms with van der Waals surface area (Å²) in [4.78, 5) is 4.28. The van der Waals surface area contributed by atoms with E-state index in [4.69, 9.17) is 14.0 Å². The number of nitrogens with zero attached hydrogens (tertiary/aromatic N) is 2. The minimum absolute atomic E-state index is 0. The number of aliphatic imine (C=N–C) groups is 1. The molecule has 2 rings (SSSR count). The van der Waals surface area contributed by atoms with Crippen molar-refractivity contribution >= 4 is 29.9 Å². The Bertz CT molecular complexity index is 725. The van der Waals surface area contributed by atoms with E-state index in [2.05, 4.69) is 34.6 Å². The van der Waals surface area contributed by atoms with E-state index in [9.17, 15) is 0 Å². The number of hydrogen-bond donors (Lipinski definition) is 2. The van der Waals surface area contributed by atoms with Gasteiger partial charge in [0.1, 0.15) is 5.76 Å². The second-order valence-electron chi connectivity index (χ2n) is 5.71. The Kier molecular flexibility index (Phi) is 9.98. The largest absolute Gasteiger partial charge is 0.493 e. The fraction of sp³-hybridized carbons (Fsp3) is 0.474. The molecule has 0 aliphatic heterocycles. The van der Waals surface area contributed by atoms with Gasteiger partial charge in [0.15, 0.2) is 17.5 Å². The van der Waals surface area contributed by atoms with Crippen LogP contribution in [0.4, 0.5) is 0 Å². The van der Waals surface area contributed by atoms with Crippen molar-refractivity contribution in [1.29, 1.82) is 0 Å². The molecule has 0 radical (unpaired) electrons. The van der Waals surface area contributed by atoms with Gasteiger partial charge in [-0.1, -0.05) is 25.1 Å². The maximum atomic E-state index is 5.40. The van der Waals surface area contributed by atoms with E-state index in [0.717, 1.165) is 35.4 Å². The first-order chi connectivity index (χ1) is 12.7. The number of aromatic nitrogens is 1. The van der Waals surface area contributed by atoms with Gasteiger partial charge in [0.05, 0.1) is 19.9 Å². The highest BCUT2D eigenvalue weighted by Gasteiger charge is 2.13. The van der Waals surface area contributed by atoms with Crippen LogP contribution in [0.15, 0.2) is 27.7 Å². The third kappa shape index (κ3) is 6.02. The number of methoxy groups -OCH3 is 2. The molecule has 0 saturated heterocycles. The zero-order valence-electron chi connectivity index (χ0n) is 16.6. The van der Waals surface area contributed by atoms with Crippen LogP contribution >= 0.6 is 24.0 Å². The number of ether oxygens (including phenoxy) is 2. The summed E-state index contributed by atoms with van der Waals surface area (Å²) in [6.45, 7) is 5.38. The Morgan fingerprint density at radius 2 is 1.78 bits per heavy atom. The van der Waals surface area contributed by atoms with Gasteiger partial charge in [-0.2, -0.15) is 0 Å². The van der Waals surface area contributed by atoms with Crippen molar-refractivity contribution in [2.24, 2.45) is 4.99 Å². The van der Waals surface area contributed by atoms with E-state index >= 15 is 0 Å². The van der Waals surface area contributed by atoms with Crippen LogP contribution in [-0.4, -0.2) is 32.4 Å². The fourth-order valence-corrected chi connectivity index (χ4v) is 2.71. The van der Waals surface area contributed by atoms with E-state index in [1.54, 1.807) is 21.3 Å². The molecule has 1 aromatic carbocycles. The summed E-state index contributed by atoms with van der Waals surface area (Å²) in [6.07, 6.45) is 1.67. The van der Waals surface area contributed by atoms with Crippen LogP contribution in [0, 0.1) is 0 Å². The number of halogens is 1. The molecule has 27 heavy (non-hydrogen) atoms. The standard InChI is InChI=1S/C19H28N4O3.HI/c1-6-15-14(16(7-2)26-23-15)12-22-19(20-3)21-11-13-8-9-17(24-4)18(10-13)25-5;/h8-10H,6-7,11-12H2,1-5H3,(H2,20,21,22);1H. The van der Waals surface area contributed by atoms with E-state index in [-0.39, 0.29) is 24.0 Å². The first kappa shape index (κ1) is 23.1. The molecule has 0 saturated carbocycles. The summed E-state index contributed by atoms with van der Waals surface area (Å²) in [5.74, 6) is 3.06. The molecule has 0 spiro atoms. The highest BCUT2D eigenvalue weighted by Crippen LogP contribution is 2.27. The molecule has 0 bridgehead atoms. The lowest BCUT2D eigenvalue weighted by Gasteiger charge is -2.13. The molecule has 2 N–H and O–H groups in total. The quantitative estimate of drug-likeness (QED) is 0.337. The first-order valence-electron chi connectivity index (χ1n) is 8.78. The number of hydrogen-bond acceptors (Lipinski definition) is 5. The van der Waals surface area contributed by atoms with Crippen LogP contribution in [0.3, 0.4) is 0 Å². The monoisotopic (exact) mass is 488 g/mol. The van der Waals surface area contributed by atoms with E-state index in [1.807, 2.05) is 18.2 Å². The Hall–Kier alpha value is -1.97. The van der Waals surface area contributed by atoms with Gasteiger partial charge in [0, 0.05) is 32.1 Å². The Morgan fingerprint density at radius 1 is 1.07 bits per heavy atom. The molecular formula is C19H29IN4O3. The number of aryl methyl sites for hydroxylation is 2. The highest BCUT2D eigenvalue weighted by atomic mass is 127. The number of rotatable bonds is 8. The normalized spacial score (nSPS) is 10.9. The molecule has 1 aromatic heterocycles. The minimum atomic E-state index is 0. The summed E-state index contributed by atoms with van der Waals surface area (Å²) < 4.78 is 16.0. The lowest BCUT2D eigenvalue weighted by molar-refractivity contribution is 0.354. The third-order valence-electron chi connectivity index (χ3n) is 4.17. The lowest BCUT2D eigenvalue weighted by Crippen LogP contribution is -2.36. The average molecular weight is 488 g/mol. The van der Waals surface area contributed by atoms with Crippen molar-refractivity contribution < 1.29 is 14.0 Å². The lowest BCUT2D eigenvalue weighted by atomic mass is 10.1. The van der Waals surface area contributed by atoms with Crippen LogP contribution in [0.2, 0.25) is 0 Å². The van der Waals surface area contributed by atoms with Gasteiger partial charge in [-0.3, -0.25) is 4.99 Å². The van der Waals surface area contributed by atoms with Crippen molar-refractivity contribution in [2.45, 2.75) is 39.8 Å². The molecule has 1 heterocycles. The predicted molar refractivity (Wildman–Crippen MR) is 117 cm³/mol. The molecule has 0 atom stereocenters. The molecule has 0 fully saturated rings. The van der Waals surface area contributed by atoms with E-state index < -0.39 is 0 Å². The number of nitrogens with one attached hydrogen (secondary N) is 2. The van der Waals surface area contributed by atoms with Gasteiger partial charge in [0.2, 0.25) is 0 Å². The van der Waals surface area contributed by atoms with Gasteiger partial charge >= 0.3 is 0 Å². The van der Waals surface area contributed by atoms with Gasteiger partial charge in [-0.15, -0.1) is 24.0 Å². The van der Waals surface area contributed by atoms with Crippen molar-refractivity contribution in [3.63, 3.8) is 0 Å². The maximum Gasteiger partial charge on any atom is 0.191 e. The minimum Gasteiger partial charge on any atom is -0.493 e. The second-order valence-corrected chi connectivity index (χ2v) is 5.71. The van der Waals surface area contributed by atoms with Crippen molar-refractivity contribution in [3.05, 3.63) is 40.8 Å². The molecule has 0 aliphatic rings. The second kappa shape index (κ2) is 11.7. The van der Waals surface area contributed by atoms with Crippen molar-refractivity contribution in [3.8, 4) is 11.5 Å². The molecule has 7 nitrogen and oxygen atoms in total. The van der Waals surface area contributed by atoms with Crippen molar-refractivity contribution in [2.75, 3.05) is 21.3 Å². The molecule has 8 heteroatoms. The Morgan fingerprint density at radius 3 is 2.37 bits per heavy atom. The fourth-order valence-electron chi connectivity index (χ4n) is 2.71. The predicted octanol–water partition coefficient (Wildman–Crippen LogP) is 3.30. The van der Waals surface area contributed by atoms with Crippen LogP contribution in [0.1, 0.15) is 36.4 Å². The smallest absolute Gasteiger partial charge is 0.191 e. The van der Waals surface area contributed by atoms with Gasteiger partial charge in [-0.25, -0.2) is 0 Å². The van der Waals surface area contributed by atoms with Crippen molar-refractivity contribution in [1.82, 2.24) is 15.8 Å². The summed E-state index contributed by atoms with van der Waals surface area (Å²) >= 11 is 0. The summed E-state index contributed by atoms with van der Waals surface area (Å²) in [7, 11) is 5.01. The topological polar surface area (TPSA) is 80.9 Å². The van der Waals surface area contributed by atoms with Crippen LogP contribution in [-0.2, 0) is 25.9 Å². The number of guanidine groups is 1. The zero-order chi connectivity index (χ0) is 18.9. The SMILES string of the molecule is CCc1noc(CC)c1CNC(=NC)NCc1ccc(OC)c(OC)c1.I. The summed E-state index contributed by atoms with van der Waals surface area (Å²) in [5.41, 5.74) is 3.17. The van der Waals surface area contributed by atoms with Crippen LogP contribution in [0.25, 0.3) is 0 Å². The number of benzene rings is 1. The molecule has 0 aliphatic carbocycles.